The quantitative estimate of drug-likeness (QED) is 0.864. The molecule has 0 amide bonds. The van der Waals surface area contributed by atoms with Gasteiger partial charge >= 0.3 is 0 Å². The van der Waals surface area contributed by atoms with Crippen molar-refractivity contribution in [3.8, 4) is 5.75 Å². The number of hydrogen-bond acceptors (Lipinski definition) is 2. The van der Waals surface area contributed by atoms with Crippen LogP contribution < -0.4 is 10.1 Å². The molecule has 0 aromatic heterocycles. The molecule has 0 atom stereocenters. The molecule has 0 unspecified atom stereocenters. The fourth-order valence-electron chi connectivity index (χ4n) is 1.59. The lowest BCUT2D eigenvalue weighted by Crippen LogP contribution is -2.21. The summed E-state index contributed by atoms with van der Waals surface area (Å²) in [5.41, 5.74) is 1.28. The van der Waals surface area contributed by atoms with Crippen molar-refractivity contribution >= 4 is 15.9 Å². The van der Waals surface area contributed by atoms with Crippen molar-refractivity contribution in [2.45, 2.75) is 39.3 Å². The van der Waals surface area contributed by atoms with E-state index in [9.17, 15) is 0 Å². The van der Waals surface area contributed by atoms with Crippen LogP contribution in [-0.4, -0.2) is 12.6 Å². The van der Waals surface area contributed by atoms with Crippen LogP contribution in [-0.2, 0) is 6.54 Å². The molecular weight excluding hydrogens is 278 g/mol. The lowest BCUT2D eigenvalue weighted by atomic mass is 10.2. The van der Waals surface area contributed by atoms with Gasteiger partial charge in [0, 0.05) is 12.6 Å². The summed E-state index contributed by atoms with van der Waals surface area (Å²) in [6.07, 6.45) is 2.65. The van der Waals surface area contributed by atoms with E-state index >= 15 is 0 Å². The van der Waals surface area contributed by atoms with Crippen molar-refractivity contribution in [1.82, 2.24) is 5.32 Å². The molecule has 0 radical (unpaired) electrons. The van der Waals surface area contributed by atoms with Gasteiger partial charge in [-0.05, 0) is 52.4 Å². The van der Waals surface area contributed by atoms with Gasteiger partial charge in [0.1, 0.15) is 5.75 Å². The maximum Gasteiger partial charge on any atom is 0.133 e. The second-order valence-corrected chi connectivity index (χ2v) is 5.91. The molecule has 17 heavy (non-hydrogen) atoms. The van der Waals surface area contributed by atoms with Crippen LogP contribution in [0.1, 0.15) is 32.3 Å². The predicted molar refractivity (Wildman–Crippen MR) is 74.3 cm³/mol. The molecule has 0 saturated heterocycles. The van der Waals surface area contributed by atoms with E-state index in [2.05, 4.69) is 53.3 Å². The number of benzene rings is 1. The topological polar surface area (TPSA) is 21.3 Å². The number of halogens is 1. The molecule has 0 heterocycles. The highest BCUT2D eigenvalue weighted by Gasteiger charge is 2.22. The Morgan fingerprint density at radius 2 is 2.18 bits per heavy atom. The van der Waals surface area contributed by atoms with Crippen LogP contribution in [0.4, 0.5) is 0 Å². The van der Waals surface area contributed by atoms with E-state index in [1.807, 2.05) is 0 Å². The summed E-state index contributed by atoms with van der Waals surface area (Å²) >= 11 is 3.57. The second-order valence-electron chi connectivity index (χ2n) is 5.05. The SMILES string of the molecule is CC(C)NCc1ccc(OCC2CC2)c(Br)c1. The van der Waals surface area contributed by atoms with E-state index in [0.29, 0.717) is 6.04 Å². The third-order valence-electron chi connectivity index (χ3n) is 2.88. The normalized spacial score (nSPS) is 15.3. The number of ether oxygens (including phenoxy) is 1. The number of nitrogens with one attached hydrogen (secondary N) is 1. The van der Waals surface area contributed by atoms with Gasteiger partial charge in [-0.15, -0.1) is 0 Å². The molecule has 0 spiro atoms. The average Bonchev–Trinajstić information content (AvgIpc) is 3.09. The predicted octanol–water partition coefficient (Wildman–Crippen LogP) is 3.74. The van der Waals surface area contributed by atoms with Gasteiger partial charge < -0.3 is 10.1 Å². The van der Waals surface area contributed by atoms with Crippen molar-refractivity contribution in [2.24, 2.45) is 5.92 Å². The van der Waals surface area contributed by atoms with Crippen molar-refractivity contribution in [2.75, 3.05) is 6.61 Å². The highest BCUT2D eigenvalue weighted by atomic mass is 79.9. The largest absolute Gasteiger partial charge is 0.492 e. The van der Waals surface area contributed by atoms with Crippen LogP contribution in [0.5, 0.6) is 5.75 Å². The summed E-state index contributed by atoms with van der Waals surface area (Å²) in [4.78, 5) is 0. The van der Waals surface area contributed by atoms with Gasteiger partial charge in [0.25, 0.3) is 0 Å². The fourth-order valence-corrected chi connectivity index (χ4v) is 2.13. The summed E-state index contributed by atoms with van der Waals surface area (Å²) in [5, 5.41) is 3.41. The average molecular weight is 298 g/mol. The van der Waals surface area contributed by atoms with Crippen LogP contribution in [0.2, 0.25) is 0 Å². The first-order valence-electron chi connectivity index (χ1n) is 6.30. The Morgan fingerprint density at radius 1 is 1.41 bits per heavy atom. The van der Waals surface area contributed by atoms with E-state index in [1.165, 1.54) is 18.4 Å². The van der Waals surface area contributed by atoms with Crippen LogP contribution in [0.25, 0.3) is 0 Å². The van der Waals surface area contributed by atoms with E-state index in [1.54, 1.807) is 0 Å². The molecular formula is C14H20BrNO. The first-order valence-corrected chi connectivity index (χ1v) is 7.09. The van der Waals surface area contributed by atoms with Gasteiger partial charge in [-0.1, -0.05) is 19.9 Å². The van der Waals surface area contributed by atoms with Crippen LogP contribution in [0.15, 0.2) is 22.7 Å². The van der Waals surface area contributed by atoms with Crippen LogP contribution in [0.3, 0.4) is 0 Å². The van der Waals surface area contributed by atoms with Crippen LogP contribution >= 0.6 is 15.9 Å². The minimum Gasteiger partial charge on any atom is -0.492 e. The second kappa shape index (κ2) is 5.87. The van der Waals surface area contributed by atoms with E-state index in [0.717, 1.165) is 29.3 Å². The Balaban J connectivity index is 1.90. The van der Waals surface area contributed by atoms with Crippen molar-refractivity contribution < 1.29 is 4.74 Å². The maximum absolute atomic E-state index is 5.77. The number of rotatable bonds is 6. The first-order chi connectivity index (χ1) is 8.15. The molecule has 1 saturated carbocycles. The van der Waals surface area contributed by atoms with Gasteiger partial charge in [0.05, 0.1) is 11.1 Å². The lowest BCUT2D eigenvalue weighted by Gasteiger charge is -2.11. The Morgan fingerprint density at radius 3 is 2.76 bits per heavy atom. The molecule has 1 aliphatic carbocycles. The standard InChI is InChI=1S/C14H20BrNO/c1-10(2)16-8-12-5-6-14(13(15)7-12)17-9-11-3-4-11/h5-7,10-11,16H,3-4,8-9H2,1-2H3. The summed E-state index contributed by atoms with van der Waals surface area (Å²) < 4.78 is 6.83. The highest BCUT2D eigenvalue weighted by molar-refractivity contribution is 9.10. The summed E-state index contributed by atoms with van der Waals surface area (Å²) in [7, 11) is 0. The zero-order chi connectivity index (χ0) is 12.3. The van der Waals surface area contributed by atoms with Gasteiger partial charge in [0.2, 0.25) is 0 Å². The zero-order valence-corrected chi connectivity index (χ0v) is 12.1. The lowest BCUT2D eigenvalue weighted by molar-refractivity contribution is 0.298. The van der Waals surface area contributed by atoms with E-state index in [4.69, 9.17) is 4.74 Å². The van der Waals surface area contributed by atoms with Gasteiger partial charge in [-0.25, -0.2) is 0 Å². The van der Waals surface area contributed by atoms with Gasteiger partial charge in [0.15, 0.2) is 0 Å². The summed E-state index contributed by atoms with van der Waals surface area (Å²) in [6.45, 7) is 6.08. The molecule has 0 aliphatic heterocycles. The first kappa shape index (κ1) is 12.9. The Labute approximate surface area is 112 Å². The summed E-state index contributed by atoms with van der Waals surface area (Å²) in [5.74, 6) is 1.76. The van der Waals surface area contributed by atoms with Crippen LogP contribution in [0, 0.1) is 5.92 Å². The smallest absolute Gasteiger partial charge is 0.133 e. The maximum atomic E-state index is 5.77. The Kier molecular flexibility index (Phi) is 4.46. The summed E-state index contributed by atoms with van der Waals surface area (Å²) in [6, 6.07) is 6.84. The third kappa shape index (κ3) is 4.32. The van der Waals surface area contributed by atoms with E-state index in [-0.39, 0.29) is 0 Å². The minimum atomic E-state index is 0.513. The minimum absolute atomic E-state index is 0.513. The van der Waals surface area contributed by atoms with Crippen molar-refractivity contribution in [3.63, 3.8) is 0 Å². The third-order valence-corrected chi connectivity index (χ3v) is 3.50. The van der Waals surface area contributed by atoms with Crippen molar-refractivity contribution in [3.05, 3.63) is 28.2 Å². The Bertz CT molecular complexity index is 374. The molecule has 1 N–H and O–H groups in total. The molecule has 3 heteroatoms. The van der Waals surface area contributed by atoms with E-state index < -0.39 is 0 Å². The molecule has 2 nitrogen and oxygen atoms in total. The monoisotopic (exact) mass is 297 g/mol. The molecule has 1 aliphatic rings. The molecule has 0 bridgehead atoms. The zero-order valence-electron chi connectivity index (χ0n) is 10.5. The Hall–Kier alpha value is -0.540. The highest BCUT2D eigenvalue weighted by Crippen LogP contribution is 2.32. The molecule has 1 aromatic rings. The molecule has 1 fully saturated rings. The number of hydrogen-bond donors (Lipinski definition) is 1. The fraction of sp³-hybridized carbons (Fsp3) is 0.571. The van der Waals surface area contributed by atoms with Crippen molar-refractivity contribution in [1.29, 1.82) is 0 Å². The molecule has 2 rings (SSSR count). The molecule has 94 valence electrons. The van der Waals surface area contributed by atoms with Gasteiger partial charge in [-0.2, -0.15) is 0 Å². The molecule has 1 aromatic carbocycles. The van der Waals surface area contributed by atoms with Gasteiger partial charge in [-0.3, -0.25) is 0 Å².